The van der Waals surface area contributed by atoms with Crippen molar-refractivity contribution in [3.63, 3.8) is 0 Å². The van der Waals surface area contributed by atoms with E-state index in [1.807, 2.05) is 0 Å². The Morgan fingerprint density at radius 2 is 2.18 bits per heavy atom. The van der Waals surface area contributed by atoms with Crippen LogP contribution in [0.3, 0.4) is 0 Å². The maximum absolute atomic E-state index is 5.52. The zero-order valence-electron chi connectivity index (χ0n) is 10.8. The first kappa shape index (κ1) is 11.1. The molecule has 2 aliphatic rings. The summed E-state index contributed by atoms with van der Waals surface area (Å²) in [7, 11) is 1.78. The van der Waals surface area contributed by atoms with Gasteiger partial charge in [0.25, 0.3) is 0 Å². The summed E-state index contributed by atoms with van der Waals surface area (Å²) in [5.41, 5.74) is 3.38. The smallest absolute Gasteiger partial charge is 0.122 e. The van der Waals surface area contributed by atoms with Crippen LogP contribution in [0.25, 0.3) is 0 Å². The van der Waals surface area contributed by atoms with Gasteiger partial charge in [0.15, 0.2) is 0 Å². The Balaban J connectivity index is 1.86. The lowest BCUT2D eigenvalue weighted by Gasteiger charge is -2.39. The predicted molar refractivity (Wildman–Crippen MR) is 69.6 cm³/mol. The van der Waals surface area contributed by atoms with Crippen molar-refractivity contribution < 1.29 is 4.74 Å². The molecule has 1 aromatic rings. The summed E-state index contributed by atoms with van der Waals surface area (Å²) in [6.45, 7) is 4.60. The van der Waals surface area contributed by atoms with Gasteiger partial charge in [-0.3, -0.25) is 0 Å². The molecular formula is C15H21NO. The maximum Gasteiger partial charge on any atom is 0.122 e. The number of benzene rings is 1. The first-order valence-corrected chi connectivity index (χ1v) is 6.58. The first-order valence-electron chi connectivity index (χ1n) is 6.58. The highest BCUT2D eigenvalue weighted by atomic mass is 16.5. The molecule has 1 atom stereocenters. The lowest BCUT2D eigenvalue weighted by molar-refractivity contribution is 0.175. The third-order valence-electron chi connectivity index (χ3n) is 4.53. The van der Waals surface area contributed by atoms with E-state index in [2.05, 4.69) is 30.4 Å². The van der Waals surface area contributed by atoms with Crippen molar-refractivity contribution in [1.29, 1.82) is 0 Å². The summed E-state index contributed by atoms with van der Waals surface area (Å²) in [5.74, 6) is 1.77. The average molecular weight is 231 g/mol. The molecule has 0 radical (unpaired) electrons. The molecule has 2 nitrogen and oxygen atoms in total. The number of aryl methyl sites for hydroxylation is 1. The minimum absolute atomic E-state index is 0.611. The van der Waals surface area contributed by atoms with Crippen molar-refractivity contribution in [3.8, 4) is 5.75 Å². The van der Waals surface area contributed by atoms with Crippen LogP contribution in [0, 0.1) is 12.3 Å². The fourth-order valence-electron chi connectivity index (χ4n) is 3.45. The number of methoxy groups -OCH3 is 1. The van der Waals surface area contributed by atoms with Crippen molar-refractivity contribution in [2.75, 3.05) is 20.2 Å². The van der Waals surface area contributed by atoms with Crippen molar-refractivity contribution in [2.24, 2.45) is 5.41 Å². The van der Waals surface area contributed by atoms with Crippen LogP contribution in [-0.2, 0) is 0 Å². The molecule has 1 saturated heterocycles. The molecule has 3 rings (SSSR count). The average Bonchev–Trinajstić information content (AvgIpc) is 2.73. The molecular weight excluding hydrogens is 210 g/mol. The van der Waals surface area contributed by atoms with Crippen LogP contribution in [0.1, 0.15) is 36.3 Å². The summed E-state index contributed by atoms with van der Waals surface area (Å²) in [4.78, 5) is 0. The van der Waals surface area contributed by atoms with Crippen LogP contribution in [0.15, 0.2) is 18.2 Å². The molecule has 0 amide bonds. The summed E-state index contributed by atoms with van der Waals surface area (Å²) in [6.07, 6.45) is 4.03. The van der Waals surface area contributed by atoms with Crippen LogP contribution >= 0.6 is 0 Å². The van der Waals surface area contributed by atoms with Crippen molar-refractivity contribution >= 4 is 0 Å². The van der Waals surface area contributed by atoms with Gasteiger partial charge in [0.1, 0.15) is 5.75 Å². The van der Waals surface area contributed by atoms with Gasteiger partial charge in [0, 0.05) is 13.1 Å². The molecule has 2 fully saturated rings. The molecule has 1 aromatic carbocycles. The number of ether oxygens (including phenoxy) is 1. The van der Waals surface area contributed by atoms with Crippen molar-refractivity contribution in [3.05, 3.63) is 29.3 Å². The van der Waals surface area contributed by atoms with E-state index >= 15 is 0 Å². The van der Waals surface area contributed by atoms with E-state index in [0.29, 0.717) is 11.3 Å². The topological polar surface area (TPSA) is 21.3 Å². The fraction of sp³-hybridized carbons (Fsp3) is 0.600. The van der Waals surface area contributed by atoms with Gasteiger partial charge in [0.2, 0.25) is 0 Å². The van der Waals surface area contributed by atoms with E-state index in [4.69, 9.17) is 4.74 Å². The molecule has 1 saturated carbocycles. The lowest BCUT2D eigenvalue weighted by Crippen LogP contribution is -2.51. The Morgan fingerprint density at radius 3 is 2.76 bits per heavy atom. The predicted octanol–water partition coefficient (Wildman–Crippen LogP) is 2.86. The van der Waals surface area contributed by atoms with Gasteiger partial charge in [-0.25, -0.2) is 0 Å². The van der Waals surface area contributed by atoms with Gasteiger partial charge in [-0.05, 0) is 49.1 Å². The molecule has 17 heavy (non-hydrogen) atoms. The lowest BCUT2D eigenvalue weighted by atomic mass is 9.79. The minimum Gasteiger partial charge on any atom is -0.496 e. The molecule has 92 valence electrons. The number of nitrogens with one attached hydrogen (secondary N) is 1. The molecule has 1 aliphatic carbocycles. The molecule has 0 bridgehead atoms. The van der Waals surface area contributed by atoms with Crippen molar-refractivity contribution in [1.82, 2.24) is 5.32 Å². The molecule has 0 aromatic heterocycles. The van der Waals surface area contributed by atoms with Crippen LogP contribution < -0.4 is 10.1 Å². The minimum atomic E-state index is 0.611. The SMILES string of the molecule is COc1ccc(C)cc1C1CCC2(CNC2)C1. The Labute approximate surface area is 103 Å². The van der Waals surface area contributed by atoms with Gasteiger partial charge < -0.3 is 10.1 Å². The van der Waals surface area contributed by atoms with E-state index in [0.717, 1.165) is 5.75 Å². The van der Waals surface area contributed by atoms with Gasteiger partial charge in [-0.15, -0.1) is 0 Å². The first-order chi connectivity index (χ1) is 8.22. The van der Waals surface area contributed by atoms with Crippen LogP contribution in [-0.4, -0.2) is 20.2 Å². The molecule has 2 heteroatoms. The summed E-state index contributed by atoms with van der Waals surface area (Å²) in [6, 6.07) is 6.57. The second-order valence-corrected chi connectivity index (χ2v) is 5.79. The van der Waals surface area contributed by atoms with E-state index in [1.54, 1.807) is 7.11 Å². The Hall–Kier alpha value is -1.02. The molecule has 1 N–H and O–H groups in total. The summed E-state index contributed by atoms with van der Waals surface area (Å²) in [5, 5.41) is 3.42. The second kappa shape index (κ2) is 4.02. The standard InChI is InChI=1S/C15H21NO/c1-11-3-4-14(17-2)13(7-11)12-5-6-15(8-12)9-16-10-15/h3-4,7,12,16H,5-6,8-10H2,1-2H3. The monoisotopic (exact) mass is 231 g/mol. The Kier molecular flexibility index (Phi) is 2.62. The fourth-order valence-corrected chi connectivity index (χ4v) is 3.45. The number of hydrogen-bond donors (Lipinski definition) is 1. The van der Waals surface area contributed by atoms with Crippen LogP contribution in [0.2, 0.25) is 0 Å². The molecule has 1 spiro atoms. The van der Waals surface area contributed by atoms with E-state index in [1.165, 1.54) is 43.5 Å². The van der Waals surface area contributed by atoms with Gasteiger partial charge >= 0.3 is 0 Å². The largest absolute Gasteiger partial charge is 0.496 e. The Bertz CT molecular complexity index is 423. The molecule has 1 aliphatic heterocycles. The quantitative estimate of drug-likeness (QED) is 0.845. The van der Waals surface area contributed by atoms with Gasteiger partial charge in [-0.1, -0.05) is 17.7 Å². The third-order valence-corrected chi connectivity index (χ3v) is 4.53. The van der Waals surface area contributed by atoms with Crippen LogP contribution in [0.5, 0.6) is 5.75 Å². The highest BCUT2D eigenvalue weighted by Crippen LogP contribution is 2.50. The Morgan fingerprint density at radius 1 is 1.35 bits per heavy atom. The van der Waals surface area contributed by atoms with Gasteiger partial charge in [-0.2, -0.15) is 0 Å². The summed E-state index contributed by atoms with van der Waals surface area (Å²) < 4.78 is 5.52. The highest BCUT2D eigenvalue weighted by molar-refractivity contribution is 5.40. The maximum atomic E-state index is 5.52. The number of rotatable bonds is 2. The van der Waals surface area contributed by atoms with E-state index < -0.39 is 0 Å². The third kappa shape index (κ3) is 1.85. The highest BCUT2D eigenvalue weighted by Gasteiger charge is 2.44. The van der Waals surface area contributed by atoms with Gasteiger partial charge in [0.05, 0.1) is 7.11 Å². The normalized spacial score (nSPS) is 25.9. The zero-order chi connectivity index (χ0) is 11.9. The van der Waals surface area contributed by atoms with Crippen LogP contribution in [0.4, 0.5) is 0 Å². The molecule has 1 unspecified atom stereocenters. The van der Waals surface area contributed by atoms with Crippen molar-refractivity contribution in [2.45, 2.75) is 32.1 Å². The summed E-state index contributed by atoms with van der Waals surface area (Å²) >= 11 is 0. The zero-order valence-corrected chi connectivity index (χ0v) is 10.8. The second-order valence-electron chi connectivity index (χ2n) is 5.79. The molecule has 1 heterocycles. The van der Waals surface area contributed by atoms with E-state index in [-0.39, 0.29) is 0 Å². The van der Waals surface area contributed by atoms with E-state index in [9.17, 15) is 0 Å². The number of hydrogen-bond acceptors (Lipinski definition) is 2.